The molecule has 0 aromatic carbocycles. The average molecular weight is 596 g/mol. The van der Waals surface area contributed by atoms with Crippen LogP contribution in [0.1, 0.15) is 74.7 Å². The molecule has 2 aliphatic rings. The van der Waals surface area contributed by atoms with Crippen LogP contribution in [0.4, 0.5) is 4.79 Å². The quantitative estimate of drug-likeness (QED) is 0.293. The molecule has 1 aliphatic heterocycles. The Morgan fingerprint density at radius 2 is 1.68 bits per heavy atom. The molecule has 13 heteroatoms. The summed E-state index contributed by atoms with van der Waals surface area (Å²) in [5.74, 6) is -3.74. The zero-order valence-corrected chi connectivity index (χ0v) is 26.1. The fourth-order valence-electron chi connectivity index (χ4n) is 4.47. The van der Waals surface area contributed by atoms with E-state index in [0.29, 0.717) is 19.3 Å². The van der Waals surface area contributed by atoms with Crippen LogP contribution in [0, 0.1) is 11.3 Å². The number of sulfone groups is 1. The molecular weight excluding hydrogens is 550 g/mol. The molecule has 4 N–H and O–H groups in total. The molecule has 5 amide bonds. The Bertz CT molecular complexity index is 1210. The Morgan fingerprint density at radius 3 is 2.22 bits per heavy atom. The first kappa shape index (κ1) is 34.0. The zero-order chi connectivity index (χ0) is 31.3. The van der Waals surface area contributed by atoms with Gasteiger partial charge in [0.05, 0.1) is 10.9 Å². The molecule has 1 heterocycles. The van der Waals surface area contributed by atoms with Crippen LogP contribution in [-0.4, -0.2) is 78.9 Å². The van der Waals surface area contributed by atoms with E-state index in [-0.39, 0.29) is 17.4 Å². The molecule has 230 valence electrons. The van der Waals surface area contributed by atoms with Gasteiger partial charge in [-0.25, -0.2) is 13.2 Å². The second-order valence-electron chi connectivity index (χ2n) is 12.9. The maximum absolute atomic E-state index is 13.6. The Labute approximate surface area is 243 Å². The van der Waals surface area contributed by atoms with Crippen LogP contribution in [0.15, 0.2) is 23.1 Å². The molecule has 0 spiro atoms. The van der Waals surface area contributed by atoms with Crippen molar-refractivity contribution in [2.75, 3.05) is 12.4 Å². The Hall–Kier alpha value is -3.22. The topological polar surface area (TPSA) is 171 Å². The van der Waals surface area contributed by atoms with Gasteiger partial charge in [0.1, 0.15) is 18.0 Å². The summed E-state index contributed by atoms with van der Waals surface area (Å²) in [7, 11) is -3.83. The lowest BCUT2D eigenvalue weighted by molar-refractivity contribution is -0.143. The highest BCUT2D eigenvalue weighted by Gasteiger charge is 2.42. The smallest absolute Gasteiger partial charge is 0.315 e. The second kappa shape index (κ2) is 13.2. The summed E-state index contributed by atoms with van der Waals surface area (Å²) in [6.45, 7) is 14.4. The van der Waals surface area contributed by atoms with E-state index in [2.05, 4.69) is 21.3 Å². The number of Topliss-reactive ketones (excluding diaryl/α,β-unsaturated/α-hetero) is 1. The number of urea groups is 1. The third-order valence-corrected chi connectivity index (χ3v) is 8.30. The summed E-state index contributed by atoms with van der Waals surface area (Å²) in [5.41, 5.74) is -1.19. The number of hydrogen-bond acceptors (Lipinski definition) is 7. The Kier molecular flexibility index (Phi) is 10.9. The Balaban J connectivity index is 2.02. The van der Waals surface area contributed by atoms with Crippen molar-refractivity contribution in [2.45, 2.75) is 98.3 Å². The van der Waals surface area contributed by atoms with Crippen molar-refractivity contribution in [1.29, 1.82) is 0 Å². The molecule has 0 radical (unpaired) electrons. The molecule has 0 bridgehead atoms. The second-order valence-corrected chi connectivity index (χ2v) is 14.9. The molecule has 4 unspecified atom stereocenters. The molecule has 1 fully saturated rings. The van der Waals surface area contributed by atoms with Crippen molar-refractivity contribution in [3.63, 3.8) is 0 Å². The predicted octanol–water partition coefficient (Wildman–Crippen LogP) is 1.53. The van der Waals surface area contributed by atoms with Crippen molar-refractivity contribution in [3.8, 4) is 0 Å². The van der Waals surface area contributed by atoms with Gasteiger partial charge in [0.15, 0.2) is 9.84 Å². The van der Waals surface area contributed by atoms with Crippen LogP contribution in [0.3, 0.4) is 0 Å². The molecule has 0 saturated carbocycles. The fraction of sp³-hybridized carbons (Fsp3) is 0.679. The minimum Gasteiger partial charge on any atom is -0.344 e. The van der Waals surface area contributed by atoms with Crippen molar-refractivity contribution in [2.24, 2.45) is 11.3 Å². The lowest BCUT2D eigenvalue weighted by atomic mass is 9.85. The monoisotopic (exact) mass is 595 g/mol. The summed E-state index contributed by atoms with van der Waals surface area (Å²) in [4.78, 5) is 65.8. The van der Waals surface area contributed by atoms with Gasteiger partial charge in [-0.15, -0.1) is 0 Å². The third-order valence-electron chi connectivity index (χ3n) is 6.75. The SMILES string of the molecule is CC1C=CC(S(=O)(=O)CNC(=O)C(=O)C(C)NC(=O)C2CCCN2C(=O)C(NC(=O)NC(C)(C)C)C(C)(C)C)=CC1. The first-order valence-corrected chi connectivity index (χ1v) is 15.5. The van der Waals surface area contributed by atoms with Crippen LogP contribution in [0.5, 0.6) is 0 Å². The van der Waals surface area contributed by atoms with Crippen molar-refractivity contribution in [1.82, 2.24) is 26.2 Å². The number of carbonyl (C=O) groups is 5. The summed E-state index contributed by atoms with van der Waals surface area (Å²) in [6.07, 6.45) is 6.25. The molecule has 1 saturated heterocycles. The number of nitrogens with zero attached hydrogens (tertiary/aromatic N) is 1. The summed E-state index contributed by atoms with van der Waals surface area (Å²) in [6, 6.07) is -3.59. The van der Waals surface area contributed by atoms with Crippen LogP contribution >= 0.6 is 0 Å². The van der Waals surface area contributed by atoms with Gasteiger partial charge in [0.25, 0.3) is 5.91 Å². The molecule has 12 nitrogen and oxygen atoms in total. The zero-order valence-electron chi connectivity index (χ0n) is 25.3. The van der Waals surface area contributed by atoms with E-state index in [1.165, 1.54) is 17.9 Å². The summed E-state index contributed by atoms with van der Waals surface area (Å²) < 4.78 is 25.0. The van der Waals surface area contributed by atoms with E-state index in [0.717, 1.165) is 0 Å². The molecule has 2 rings (SSSR count). The van der Waals surface area contributed by atoms with Crippen LogP contribution in [0.2, 0.25) is 0 Å². The standard InChI is InChI=1S/C28H45N5O7S/c1-17-11-13-19(14-12-17)41(39,40)16-29-24(36)21(34)18(2)30-23(35)20-10-9-15-33(20)25(37)22(27(3,4)5)31-26(38)32-28(6,7)8/h11,13-14,17-18,20,22H,9-10,12,15-16H2,1-8H3,(H,29,36)(H,30,35)(H2,31,32,38). The van der Waals surface area contributed by atoms with Gasteiger partial charge in [-0.3, -0.25) is 19.2 Å². The number of allylic oxidation sites excluding steroid dienone is 3. The van der Waals surface area contributed by atoms with E-state index < -0.39 is 74.3 Å². The number of amides is 5. The van der Waals surface area contributed by atoms with Gasteiger partial charge in [0.2, 0.25) is 17.6 Å². The Morgan fingerprint density at radius 1 is 1.05 bits per heavy atom. The van der Waals surface area contributed by atoms with E-state index in [1.807, 2.05) is 27.7 Å². The van der Waals surface area contributed by atoms with Crippen molar-refractivity contribution >= 4 is 39.4 Å². The third kappa shape index (κ3) is 9.68. The first-order chi connectivity index (χ1) is 18.7. The van der Waals surface area contributed by atoms with Crippen LogP contribution in [0.25, 0.3) is 0 Å². The van der Waals surface area contributed by atoms with E-state index in [4.69, 9.17) is 0 Å². The maximum Gasteiger partial charge on any atom is 0.315 e. The summed E-state index contributed by atoms with van der Waals surface area (Å²) >= 11 is 0. The maximum atomic E-state index is 13.6. The molecule has 1 aliphatic carbocycles. The number of carbonyl (C=O) groups excluding carboxylic acids is 5. The lowest BCUT2D eigenvalue weighted by Gasteiger charge is -2.36. The number of rotatable bonds is 9. The number of likely N-dealkylation sites (tertiary alicyclic amines) is 1. The molecule has 0 aromatic heterocycles. The molecule has 0 aromatic rings. The predicted molar refractivity (Wildman–Crippen MR) is 155 cm³/mol. The minimum absolute atomic E-state index is 0.0784. The van der Waals surface area contributed by atoms with Crippen molar-refractivity contribution < 1.29 is 32.4 Å². The largest absolute Gasteiger partial charge is 0.344 e. The van der Waals surface area contributed by atoms with Crippen LogP contribution < -0.4 is 21.3 Å². The highest BCUT2D eigenvalue weighted by molar-refractivity contribution is 7.95. The summed E-state index contributed by atoms with van der Waals surface area (Å²) in [5, 5.41) is 10.1. The average Bonchev–Trinajstić information content (AvgIpc) is 3.34. The number of nitrogens with one attached hydrogen (secondary N) is 4. The van der Waals surface area contributed by atoms with Gasteiger partial charge >= 0.3 is 6.03 Å². The van der Waals surface area contributed by atoms with Crippen LogP contribution in [-0.2, 0) is 29.0 Å². The van der Waals surface area contributed by atoms with Gasteiger partial charge in [-0.2, -0.15) is 0 Å². The normalized spacial score (nSPS) is 20.9. The van der Waals surface area contributed by atoms with E-state index >= 15 is 0 Å². The van der Waals surface area contributed by atoms with Crippen molar-refractivity contribution in [3.05, 3.63) is 23.1 Å². The highest BCUT2D eigenvalue weighted by Crippen LogP contribution is 2.26. The molecule has 4 atom stereocenters. The highest BCUT2D eigenvalue weighted by atomic mass is 32.2. The van der Waals surface area contributed by atoms with E-state index in [9.17, 15) is 32.4 Å². The molecular formula is C28H45N5O7S. The first-order valence-electron chi connectivity index (χ1n) is 13.9. The van der Waals surface area contributed by atoms with Gasteiger partial charge in [-0.05, 0) is 64.4 Å². The number of hydrogen-bond donors (Lipinski definition) is 4. The lowest BCUT2D eigenvalue weighted by Crippen LogP contribution is -2.61. The van der Waals surface area contributed by atoms with Gasteiger partial charge < -0.3 is 26.2 Å². The minimum atomic E-state index is -3.83. The van der Waals surface area contributed by atoms with E-state index in [1.54, 1.807) is 32.9 Å². The molecule has 41 heavy (non-hydrogen) atoms. The fourth-order valence-corrected chi connectivity index (χ4v) is 5.59. The van der Waals surface area contributed by atoms with Gasteiger partial charge in [0, 0.05) is 12.1 Å². The number of ketones is 1. The van der Waals surface area contributed by atoms with Gasteiger partial charge in [-0.1, -0.05) is 39.8 Å².